The average molecular weight is 449 g/mol. The minimum Gasteiger partial charge on any atom is -0.497 e. The third-order valence-electron chi connectivity index (χ3n) is 4.09. The van der Waals surface area contributed by atoms with Crippen LogP contribution in [0.3, 0.4) is 0 Å². The van der Waals surface area contributed by atoms with E-state index in [1.165, 1.54) is 12.8 Å². The zero-order valence-corrected chi connectivity index (χ0v) is 17.7. The van der Waals surface area contributed by atoms with Crippen LogP contribution in [0.15, 0.2) is 46.9 Å². The number of amides is 2. The highest BCUT2D eigenvalue weighted by Crippen LogP contribution is 2.26. The number of unbranched alkanes of at least 4 members (excludes halogenated alkanes) is 3. The van der Waals surface area contributed by atoms with Crippen molar-refractivity contribution < 1.29 is 19.1 Å². The van der Waals surface area contributed by atoms with Gasteiger partial charge < -0.3 is 9.47 Å². The number of ether oxygens (including phenoxy) is 2. The molecule has 0 aliphatic heterocycles. The molecule has 0 fully saturated rings. The second-order valence-corrected chi connectivity index (χ2v) is 7.05. The maximum atomic E-state index is 12.3. The Kier molecular flexibility index (Phi) is 8.81. The summed E-state index contributed by atoms with van der Waals surface area (Å²) in [6.07, 6.45) is 4.52. The van der Waals surface area contributed by atoms with Crippen molar-refractivity contribution in [3.63, 3.8) is 0 Å². The Morgan fingerprint density at radius 3 is 2.18 bits per heavy atom. The Balaban J connectivity index is 1.86. The molecule has 0 aromatic heterocycles. The van der Waals surface area contributed by atoms with E-state index in [-0.39, 0.29) is 0 Å². The molecular weight excluding hydrogens is 424 g/mol. The van der Waals surface area contributed by atoms with Crippen molar-refractivity contribution in [2.75, 3.05) is 13.7 Å². The van der Waals surface area contributed by atoms with Gasteiger partial charge in [0.2, 0.25) is 0 Å². The lowest BCUT2D eigenvalue weighted by atomic mass is 10.2. The molecule has 0 spiro atoms. The lowest BCUT2D eigenvalue weighted by molar-refractivity contribution is 0.0846. The molecule has 0 aliphatic carbocycles. The predicted octanol–water partition coefficient (Wildman–Crippen LogP) is 4.49. The van der Waals surface area contributed by atoms with Crippen LogP contribution in [0, 0.1) is 0 Å². The van der Waals surface area contributed by atoms with Gasteiger partial charge in [0.05, 0.1) is 18.2 Å². The lowest BCUT2D eigenvalue weighted by Gasteiger charge is -2.11. The van der Waals surface area contributed by atoms with Crippen molar-refractivity contribution in [1.82, 2.24) is 10.9 Å². The van der Waals surface area contributed by atoms with E-state index >= 15 is 0 Å². The number of benzene rings is 2. The van der Waals surface area contributed by atoms with E-state index in [2.05, 4.69) is 33.7 Å². The molecule has 0 saturated heterocycles. The minimum atomic E-state index is -0.419. The van der Waals surface area contributed by atoms with Crippen molar-refractivity contribution in [3.05, 3.63) is 58.1 Å². The maximum absolute atomic E-state index is 12.3. The zero-order valence-electron chi connectivity index (χ0n) is 16.1. The molecule has 0 saturated carbocycles. The first-order valence-corrected chi connectivity index (χ1v) is 10.0. The van der Waals surface area contributed by atoms with Gasteiger partial charge in [-0.2, -0.15) is 0 Å². The highest BCUT2D eigenvalue weighted by Gasteiger charge is 2.11. The third kappa shape index (κ3) is 6.56. The van der Waals surface area contributed by atoms with E-state index in [9.17, 15) is 9.59 Å². The van der Waals surface area contributed by atoms with Crippen LogP contribution >= 0.6 is 15.9 Å². The minimum absolute atomic E-state index is 0.403. The number of nitrogens with one attached hydrogen (secondary N) is 2. The smallest absolute Gasteiger partial charge is 0.269 e. The molecule has 0 bridgehead atoms. The molecule has 0 atom stereocenters. The van der Waals surface area contributed by atoms with Crippen molar-refractivity contribution >= 4 is 27.7 Å². The fraction of sp³-hybridized carbons (Fsp3) is 0.333. The molecule has 0 heterocycles. The second kappa shape index (κ2) is 11.3. The molecule has 7 heteroatoms. The number of hydrazine groups is 1. The molecule has 2 aromatic rings. The van der Waals surface area contributed by atoms with Crippen molar-refractivity contribution in [2.45, 2.75) is 32.6 Å². The predicted molar refractivity (Wildman–Crippen MR) is 112 cm³/mol. The summed E-state index contributed by atoms with van der Waals surface area (Å²) in [6, 6.07) is 11.6. The molecule has 2 aromatic carbocycles. The first-order chi connectivity index (χ1) is 13.5. The Hall–Kier alpha value is -2.54. The molecule has 28 heavy (non-hydrogen) atoms. The van der Waals surface area contributed by atoms with Crippen LogP contribution < -0.4 is 20.3 Å². The normalized spacial score (nSPS) is 10.2. The zero-order chi connectivity index (χ0) is 20.4. The van der Waals surface area contributed by atoms with Gasteiger partial charge in [-0.05, 0) is 64.8 Å². The van der Waals surface area contributed by atoms with E-state index < -0.39 is 11.8 Å². The Bertz CT molecular complexity index is 793. The standard InChI is InChI=1S/C21H25BrN2O4/c1-3-4-5-6-13-28-19-12-9-16(14-18(19)22)21(26)24-23-20(25)15-7-10-17(27-2)11-8-15/h7-12,14H,3-6,13H2,1-2H3,(H,23,25)(H,24,26). The number of hydrogen-bond donors (Lipinski definition) is 2. The summed E-state index contributed by atoms with van der Waals surface area (Å²) in [5, 5.41) is 0. The van der Waals surface area contributed by atoms with E-state index in [1.54, 1.807) is 49.6 Å². The number of halogens is 1. The first kappa shape index (κ1) is 21.8. The molecule has 2 N–H and O–H groups in total. The molecule has 0 radical (unpaired) electrons. The average Bonchev–Trinajstić information content (AvgIpc) is 2.72. The Morgan fingerprint density at radius 2 is 1.57 bits per heavy atom. The fourth-order valence-electron chi connectivity index (χ4n) is 2.47. The highest BCUT2D eigenvalue weighted by molar-refractivity contribution is 9.10. The van der Waals surface area contributed by atoms with Gasteiger partial charge in [0, 0.05) is 11.1 Å². The number of rotatable bonds is 9. The molecule has 0 aliphatic rings. The monoisotopic (exact) mass is 448 g/mol. The quantitative estimate of drug-likeness (QED) is 0.437. The fourth-order valence-corrected chi connectivity index (χ4v) is 2.96. The van der Waals surface area contributed by atoms with Gasteiger partial charge >= 0.3 is 0 Å². The molecule has 150 valence electrons. The molecule has 0 unspecified atom stereocenters. The summed E-state index contributed by atoms with van der Waals surface area (Å²) in [5.74, 6) is 0.507. The molecule has 2 rings (SSSR count). The van der Waals surface area contributed by atoms with Crippen LogP contribution in [0.2, 0.25) is 0 Å². The third-order valence-corrected chi connectivity index (χ3v) is 4.71. The summed E-state index contributed by atoms with van der Waals surface area (Å²) >= 11 is 3.42. The first-order valence-electron chi connectivity index (χ1n) is 9.22. The van der Waals surface area contributed by atoms with Crippen LogP contribution in [0.1, 0.15) is 53.3 Å². The lowest BCUT2D eigenvalue weighted by Crippen LogP contribution is -2.41. The van der Waals surface area contributed by atoms with E-state index in [1.807, 2.05) is 0 Å². The summed E-state index contributed by atoms with van der Waals surface area (Å²) < 4.78 is 11.5. The van der Waals surface area contributed by atoms with E-state index in [4.69, 9.17) is 9.47 Å². The summed E-state index contributed by atoms with van der Waals surface area (Å²) in [6.45, 7) is 2.81. The Labute approximate surface area is 173 Å². The van der Waals surface area contributed by atoms with Gasteiger partial charge in [-0.25, -0.2) is 0 Å². The van der Waals surface area contributed by atoms with Gasteiger partial charge in [0.15, 0.2) is 0 Å². The topological polar surface area (TPSA) is 76.7 Å². The highest BCUT2D eigenvalue weighted by atomic mass is 79.9. The van der Waals surface area contributed by atoms with Gasteiger partial charge in [-0.3, -0.25) is 20.4 Å². The Morgan fingerprint density at radius 1 is 0.929 bits per heavy atom. The number of carbonyl (C=O) groups is 2. The van der Waals surface area contributed by atoms with Gasteiger partial charge in [-0.15, -0.1) is 0 Å². The van der Waals surface area contributed by atoms with E-state index in [0.29, 0.717) is 33.7 Å². The van der Waals surface area contributed by atoms with Gasteiger partial charge in [-0.1, -0.05) is 26.2 Å². The molecule has 6 nitrogen and oxygen atoms in total. The summed E-state index contributed by atoms with van der Waals surface area (Å²) in [5.41, 5.74) is 5.62. The SMILES string of the molecule is CCCCCCOc1ccc(C(=O)NNC(=O)c2ccc(OC)cc2)cc1Br. The van der Waals surface area contributed by atoms with Crippen LogP contribution in [0.5, 0.6) is 11.5 Å². The van der Waals surface area contributed by atoms with Crippen molar-refractivity contribution in [1.29, 1.82) is 0 Å². The van der Waals surface area contributed by atoms with Crippen LogP contribution in [0.25, 0.3) is 0 Å². The largest absolute Gasteiger partial charge is 0.497 e. The summed E-state index contributed by atoms with van der Waals surface area (Å²) in [7, 11) is 1.55. The summed E-state index contributed by atoms with van der Waals surface area (Å²) in [4.78, 5) is 24.4. The van der Waals surface area contributed by atoms with Crippen molar-refractivity contribution in [3.8, 4) is 11.5 Å². The maximum Gasteiger partial charge on any atom is 0.269 e. The van der Waals surface area contributed by atoms with Crippen LogP contribution in [-0.4, -0.2) is 25.5 Å². The second-order valence-electron chi connectivity index (χ2n) is 6.19. The number of methoxy groups -OCH3 is 1. The van der Waals surface area contributed by atoms with Gasteiger partial charge in [0.25, 0.3) is 11.8 Å². The van der Waals surface area contributed by atoms with Crippen LogP contribution in [0.4, 0.5) is 0 Å². The van der Waals surface area contributed by atoms with Gasteiger partial charge in [0.1, 0.15) is 11.5 Å². The number of carbonyl (C=O) groups excluding carboxylic acids is 2. The molecule has 2 amide bonds. The van der Waals surface area contributed by atoms with E-state index in [0.717, 1.165) is 12.8 Å². The van der Waals surface area contributed by atoms with Crippen molar-refractivity contribution in [2.24, 2.45) is 0 Å². The molecular formula is C21H25BrN2O4. The number of hydrogen-bond acceptors (Lipinski definition) is 4. The van der Waals surface area contributed by atoms with Crippen LogP contribution in [-0.2, 0) is 0 Å².